The van der Waals surface area contributed by atoms with Gasteiger partial charge in [-0.3, -0.25) is 0 Å². The normalized spacial score (nSPS) is 24.6. The Bertz CT molecular complexity index is 271. The van der Waals surface area contributed by atoms with Gasteiger partial charge in [-0.2, -0.15) is 13.2 Å². The number of alkyl halides is 3. The molecule has 1 aliphatic rings. The lowest BCUT2D eigenvalue weighted by molar-refractivity contribution is -0.137. The Balaban J connectivity index is 2.67. The molecule has 1 rings (SSSR count). The van der Waals surface area contributed by atoms with Crippen molar-refractivity contribution in [3.05, 3.63) is 0 Å². The first kappa shape index (κ1) is 17.7. The van der Waals surface area contributed by atoms with Crippen LogP contribution in [0.1, 0.15) is 32.6 Å². The molecule has 0 spiro atoms. The number of hydrogen-bond donors (Lipinski definition) is 1. The van der Waals surface area contributed by atoms with E-state index in [0.717, 1.165) is 39.0 Å². The molecule has 6 heteroatoms. The van der Waals surface area contributed by atoms with Crippen LogP contribution in [0, 0.1) is 0 Å². The van der Waals surface area contributed by atoms with Gasteiger partial charge >= 0.3 is 6.18 Å². The first-order chi connectivity index (χ1) is 9.33. The lowest BCUT2D eigenvalue weighted by Gasteiger charge is -2.35. The molecule has 2 atom stereocenters. The molecule has 0 saturated carbocycles. The van der Waals surface area contributed by atoms with Gasteiger partial charge in [-0.05, 0) is 53.0 Å². The maximum Gasteiger partial charge on any atom is 0.389 e. The third kappa shape index (κ3) is 6.41. The molecule has 0 aliphatic carbocycles. The summed E-state index contributed by atoms with van der Waals surface area (Å²) in [6.45, 7) is 5.61. The average Bonchev–Trinajstić information content (AvgIpc) is 2.50. The van der Waals surface area contributed by atoms with Gasteiger partial charge < -0.3 is 15.1 Å². The summed E-state index contributed by atoms with van der Waals surface area (Å²) in [6.07, 6.45) is -2.60. The van der Waals surface area contributed by atoms with Gasteiger partial charge in [0.25, 0.3) is 0 Å². The highest BCUT2D eigenvalue weighted by atomic mass is 19.4. The fourth-order valence-corrected chi connectivity index (χ4v) is 2.82. The summed E-state index contributed by atoms with van der Waals surface area (Å²) < 4.78 is 37.5. The van der Waals surface area contributed by atoms with Crippen molar-refractivity contribution in [3.63, 3.8) is 0 Å². The average molecular weight is 295 g/mol. The van der Waals surface area contributed by atoms with Crippen molar-refractivity contribution < 1.29 is 13.2 Å². The summed E-state index contributed by atoms with van der Waals surface area (Å²) in [6, 6.07) is 0.0542. The zero-order valence-electron chi connectivity index (χ0n) is 12.8. The smallest absolute Gasteiger partial charge is 0.312 e. The van der Waals surface area contributed by atoms with Crippen LogP contribution in [0.5, 0.6) is 0 Å². The van der Waals surface area contributed by atoms with Crippen LogP contribution in [-0.4, -0.2) is 68.3 Å². The molecule has 1 fully saturated rings. The highest BCUT2D eigenvalue weighted by Crippen LogP contribution is 2.24. The number of nitrogens with zero attached hydrogens (tertiary/aromatic N) is 2. The van der Waals surface area contributed by atoms with Gasteiger partial charge in [0.1, 0.15) is 0 Å². The third-order valence-electron chi connectivity index (χ3n) is 3.98. The number of rotatable bonds is 6. The van der Waals surface area contributed by atoms with E-state index in [9.17, 15) is 13.2 Å². The van der Waals surface area contributed by atoms with Gasteiger partial charge in [0.05, 0.1) is 0 Å². The number of hydrogen-bond acceptors (Lipinski definition) is 3. The molecule has 0 radical (unpaired) electrons. The topological polar surface area (TPSA) is 18.5 Å². The van der Waals surface area contributed by atoms with E-state index in [-0.39, 0.29) is 18.5 Å². The van der Waals surface area contributed by atoms with Gasteiger partial charge in [0.15, 0.2) is 0 Å². The van der Waals surface area contributed by atoms with Crippen molar-refractivity contribution in [1.82, 2.24) is 15.1 Å². The molecule has 1 saturated heterocycles. The van der Waals surface area contributed by atoms with Crippen molar-refractivity contribution in [2.45, 2.75) is 50.9 Å². The molecule has 0 aromatic rings. The highest BCUT2D eigenvalue weighted by Gasteiger charge is 2.33. The minimum atomic E-state index is -4.07. The Kier molecular flexibility index (Phi) is 7.26. The Morgan fingerprint density at radius 1 is 1.25 bits per heavy atom. The van der Waals surface area contributed by atoms with Gasteiger partial charge in [-0.15, -0.1) is 0 Å². The fourth-order valence-electron chi connectivity index (χ4n) is 2.82. The molecule has 0 bridgehead atoms. The minimum absolute atomic E-state index is 0.0953. The number of halogens is 3. The molecule has 1 heterocycles. The molecule has 3 nitrogen and oxygen atoms in total. The monoisotopic (exact) mass is 295 g/mol. The Hall–Kier alpha value is -0.330. The van der Waals surface area contributed by atoms with E-state index < -0.39 is 12.6 Å². The zero-order chi connectivity index (χ0) is 15.2. The molecule has 0 aromatic heterocycles. The maximum absolute atomic E-state index is 12.5. The van der Waals surface area contributed by atoms with Crippen LogP contribution in [0.25, 0.3) is 0 Å². The second-order valence-corrected chi connectivity index (χ2v) is 5.88. The second kappa shape index (κ2) is 8.20. The van der Waals surface area contributed by atoms with Crippen LogP contribution < -0.4 is 5.32 Å². The fraction of sp³-hybridized carbons (Fsp3) is 1.00. The predicted octanol–water partition coefficient (Wildman–Crippen LogP) is 2.33. The standard InChI is InChI=1S/C14H28F3N3/c1-4-8-18-12(6-7-14(15,16)17)13-11-19(2)9-5-10-20(13)3/h12-13,18H,4-11H2,1-3H3. The highest BCUT2D eigenvalue weighted by molar-refractivity contribution is 4.88. The molecular weight excluding hydrogens is 267 g/mol. The van der Waals surface area contributed by atoms with Crippen molar-refractivity contribution in [2.75, 3.05) is 40.3 Å². The second-order valence-electron chi connectivity index (χ2n) is 5.88. The third-order valence-corrected chi connectivity index (χ3v) is 3.98. The number of nitrogens with one attached hydrogen (secondary N) is 1. The first-order valence-corrected chi connectivity index (χ1v) is 7.52. The van der Waals surface area contributed by atoms with E-state index in [1.54, 1.807) is 0 Å². The van der Waals surface area contributed by atoms with Crippen LogP contribution in [-0.2, 0) is 0 Å². The summed E-state index contributed by atoms with van der Waals surface area (Å²) >= 11 is 0. The van der Waals surface area contributed by atoms with Crippen LogP contribution in [0.4, 0.5) is 13.2 Å². The van der Waals surface area contributed by atoms with E-state index in [1.165, 1.54) is 0 Å². The molecule has 120 valence electrons. The minimum Gasteiger partial charge on any atom is -0.312 e. The van der Waals surface area contributed by atoms with E-state index in [4.69, 9.17) is 0 Å². The van der Waals surface area contributed by atoms with Crippen LogP contribution in [0.2, 0.25) is 0 Å². The summed E-state index contributed by atoms with van der Waals surface area (Å²) in [4.78, 5) is 4.44. The first-order valence-electron chi connectivity index (χ1n) is 7.52. The predicted molar refractivity (Wildman–Crippen MR) is 75.9 cm³/mol. The SMILES string of the molecule is CCCNC(CCC(F)(F)F)C1CN(C)CCCN1C. The molecule has 1 N–H and O–H groups in total. The molecule has 0 aromatic carbocycles. The molecular formula is C14H28F3N3. The van der Waals surface area contributed by atoms with Crippen LogP contribution >= 0.6 is 0 Å². The molecule has 2 unspecified atom stereocenters. The van der Waals surface area contributed by atoms with E-state index in [2.05, 4.69) is 15.1 Å². The van der Waals surface area contributed by atoms with Gasteiger partial charge in [0.2, 0.25) is 0 Å². The lowest BCUT2D eigenvalue weighted by Crippen LogP contribution is -2.52. The molecule has 20 heavy (non-hydrogen) atoms. The summed E-state index contributed by atoms with van der Waals surface area (Å²) in [5, 5.41) is 3.32. The zero-order valence-corrected chi connectivity index (χ0v) is 12.8. The summed E-state index contributed by atoms with van der Waals surface area (Å²) in [7, 11) is 4.07. The van der Waals surface area contributed by atoms with Crippen molar-refractivity contribution in [3.8, 4) is 0 Å². The summed E-state index contributed by atoms with van der Waals surface area (Å²) in [5.41, 5.74) is 0. The Labute approximate surface area is 120 Å². The van der Waals surface area contributed by atoms with Crippen molar-refractivity contribution in [2.24, 2.45) is 0 Å². The lowest BCUT2D eigenvalue weighted by atomic mass is 10.0. The number of likely N-dealkylation sites (N-methyl/N-ethyl adjacent to an activating group) is 2. The summed E-state index contributed by atoms with van der Waals surface area (Å²) in [5.74, 6) is 0. The van der Waals surface area contributed by atoms with E-state index >= 15 is 0 Å². The van der Waals surface area contributed by atoms with Gasteiger partial charge in [-0.1, -0.05) is 6.92 Å². The van der Waals surface area contributed by atoms with E-state index in [1.807, 2.05) is 21.0 Å². The van der Waals surface area contributed by atoms with Crippen LogP contribution in [0.3, 0.4) is 0 Å². The maximum atomic E-state index is 12.5. The largest absolute Gasteiger partial charge is 0.389 e. The Morgan fingerprint density at radius 3 is 2.55 bits per heavy atom. The molecule has 0 amide bonds. The van der Waals surface area contributed by atoms with Crippen molar-refractivity contribution >= 4 is 0 Å². The van der Waals surface area contributed by atoms with Crippen molar-refractivity contribution in [1.29, 1.82) is 0 Å². The quantitative estimate of drug-likeness (QED) is 0.811. The van der Waals surface area contributed by atoms with Gasteiger partial charge in [0, 0.05) is 25.0 Å². The van der Waals surface area contributed by atoms with Crippen LogP contribution in [0.15, 0.2) is 0 Å². The van der Waals surface area contributed by atoms with Gasteiger partial charge in [-0.25, -0.2) is 0 Å². The van der Waals surface area contributed by atoms with E-state index in [0.29, 0.717) is 0 Å². The molecule has 1 aliphatic heterocycles. The Morgan fingerprint density at radius 2 is 1.95 bits per heavy atom.